The minimum absolute atomic E-state index is 0.512. The maximum absolute atomic E-state index is 5.61. The van der Waals surface area contributed by atoms with E-state index in [2.05, 4.69) is 20.9 Å². The van der Waals surface area contributed by atoms with Crippen molar-refractivity contribution in [3.05, 3.63) is 58.3 Å². The molecule has 3 nitrogen and oxygen atoms in total. The van der Waals surface area contributed by atoms with Gasteiger partial charge in [0.1, 0.15) is 0 Å². The summed E-state index contributed by atoms with van der Waals surface area (Å²) in [5.74, 6) is 0. The summed E-state index contributed by atoms with van der Waals surface area (Å²) in [6.45, 7) is 1.08. The van der Waals surface area contributed by atoms with Crippen LogP contribution in [0.25, 0.3) is 0 Å². The van der Waals surface area contributed by atoms with E-state index in [0.717, 1.165) is 21.4 Å². The fourth-order valence-corrected chi connectivity index (χ4v) is 1.61. The Kier molecular flexibility index (Phi) is 4.12. The van der Waals surface area contributed by atoms with Crippen LogP contribution in [-0.2, 0) is 18.0 Å². The first-order valence-electron chi connectivity index (χ1n) is 5.26. The fraction of sp³-hybridized carbons (Fsp3) is 0.154. The highest BCUT2D eigenvalue weighted by Gasteiger charge is 1.96. The molecule has 17 heavy (non-hydrogen) atoms. The second-order valence-corrected chi connectivity index (χ2v) is 4.62. The van der Waals surface area contributed by atoms with E-state index in [1.165, 1.54) is 0 Å². The van der Waals surface area contributed by atoms with Crippen molar-refractivity contribution in [3.8, 4) is 0 Å². The molecule has 1 aromatic carbocycles. The van der Waals surface area contributed by atoms with Crippen LogP contribution in [-0.4, -0.2) is 4.98 Å². The Balaban J connectivity index is 1.83. The zero-order valence-electron chi connectivity index (χ0n) is 9.27. The largest absolute Gasteiger partial charge is 0.399 e. The van der Waals surface area contributed by atoms with Gasteiger partial charge in [-0.2, -0.15) is 0 Å². The van der Waals surface area contributed by atoms with Crippen molar-refractivity contribution >= 4 is 21.6 Å². The lowest BCUT2D eigenvalue weighted by molar-refractivity contribution is 0.104. The summed E-state index contributed by atoms with van der Waals surface area (Å²) in [7, 11) is 0. The van der Waals surface area contributed by atoms with E-state index in [0.29, 0.717) is 13.2 Å². The topological polar surface area (TPSA) is 48.1 Å². The third-order valence-corrected chi connectivity index (χ3v) is 2.76. The van der Waals surface area contributed by atoms with Gasteiger partial charge in [-0.3, -0.25) is 4.98 Å². The predicted octanol–water partition coefficient (Wildman–Crippen LogP) is 3.14. The van der Waals surface area contributed by atoms with E-state index in [1.807, 2.05) is 36.4 Å². The molecule has 0 atom stereocenters. The van der Waals surface area contributed by atoms with E-state index < -0.39 is 0 Å². The predicted molar refractivity (Wildman–Crippen MR) is 71.3 cm³/mol. The number of hydrogen-bond donors (Lipinski definition) is 1. The zero-order chi connectivity index (χ0) is 12.1. The SMILES string of the molecule is Nc1ccc(COCc2ccc(Br)cn2)cc1. The van der Waals surface area contributed by atoms with Crippen molar-refractivity contribution in [2.45, 2.75) is 13.2 Å². The van der Waals surface area contributed by atoms with Gasteiger partial charge < -0.3 is 10.5 Å². The lowest BCUT2D eigenvalue weighted by Gasteiger charge is -2.04. The molecular weight excluding hydrogens is 280 g/mol. The summed E-state index contributed by atoms with van der Waals surface area (Å²) in [5.41, 5.74) is 8.40. The molecule has 0 saturated heterocycles. The molecule has 1 heterocycles. The molecular formula is C13H13BrN2O. The molecule has 0 amide bonds. The number of nitrogens with two attached hydrogens (primary N) is 1. The number of ether oxygens (including phenoxy) is 1. The number of nitrogens with zero attached hydrogens (tertiary/aromatic N) is 1. The maximum atomic E-state index is 5.61. The van der Waals surface area contributed by atoms with Crippen molar-refractivity contribution in [2.24, 2.45) is 0 Å². The van der Waals surface area contributed by atoms with Crippen LogP contribution < -0.4 is 5.73 Å². The van der Waals surface area contributed by atoms with Crippen molar-refractivity contribution in [1.82, 2.24) is 4.98 Å². The van der Waals surface area contributed by atoms with Crippen molar-refractivity contribution in [2.75, 3.05) is 5.73 Å². The van der Waals surface area contributed by atoms with E-state index in [-0.39, 0.29) is 0 Å². The van der Waals surface area contributed by atoms with Gasteiger partial charge in [0.2, 0.25) is 0 Å². The first-order chi connectivity index (χ1) is 8.24. The molecule has 4 heteroatoms. The molecule has 0 fully saturated rings. The lowest BCUT2D eigenvalue weighted by atomic mass is 10.2. The van der Waals surface area contributed by atoms with Gasteiger partial charge in [0.05, 0.1) is 18.9 Å². The molecule has 0 aliphatic rings. The third-order valence-electron chi connectivity index (χ3n) is 2.29. The molecule has 0 unspecified atom stereocenters. The van der Waals surface area contributed by atoms with Crippen LogP contribution in [0.15, 0.2) is 47.1 Å². The van der Waals surface area contributed by atoms with Crippen LogP contribution in [0.4, 0.5) is 5.69 Å². The van der Waals surface area contributed by atoms with Crippen LogP contribution in [0.5, 0.6) is 0 Å². The highest BCUT2D eigenvalue weighted by molar-refractivity contribution is 9.10. The molecule has 2 rings (SSSR count). The number of rotatable bonds is 4. The Morgan fingerprint density at radius 1 is 1.06 bits per heavy atom. The van der Waals surface area contributed by atoms with Crippen LogP contribution in [0, 0.1) is 0 Å². The summed E-state index contributed by atoms with van der Waals surface area (Å²) in [6, 6.07) is 11.6. The zero-order valence-corrected chi connectivity index (χ0v) is 10.9. The van der Waals surface area contributed by atoms with E-state index >= 15 is 0 Å². The van der Waals surface area contributed by atoms with Gasteiger partial charge >= 0.3 is 0 Å². The Labute approximate surface area is 109 Å². The molecule has 0 radical (unpaired) electrons. The van der Waals surface area contributed by atoms with Crippen LogP contribution >= 0.6 is 15.9 Å². The highest BCUT2D eigenvalue weighted by atomic mass is 79.9. The summed E-state index contributed by atoms with van der Waals surface area (Å²) >= 11 is 3.34. The smallest absolute Gasteiger partial charge is 0.0892 e. The number of anilines is 1. The molecule has 2 N–H and O–H groups in total. The van der Waals surface area contributed by atoms with Crippen molar-refractivity contribution in [1.29, 1.82) is 0 Å². The number of benzene rings is 1. The van der Waals surface area contributed by atoms with Gasteiger partial charge in [-0.25, -0.2) is 0 Å². The molecule has 2 aromatic rings. The average molecular weight is 293 g/mol. The first kappa shape index (κ1) is 12.1. The number of nitrogen functional groups attached to an aromatic ring is 1. The minimum atomic E-state index is 0.512. The summed E-state index contributed by atoms with van der Waals surface area (Å²) < 4.78 is 6.54. The lowest BCUT2D eigenvalue weighted by Crippen LogP contribution is -1.96. The molecule has 0 aliphatic heterocycles. The summed E-state index contributed by atoms with van der Waals surface area (Å²) in [5, 5.41) is 0. The van der Waals surface area contributed by atoms with Gasteiger partial charge in [0.25, 0.3) is 0 Å². The van der Waals surface area contributed by atoms with Gasteiger partial charge in [-0.15, -0.1) is 0 Å². The highest BCUT2D eigenvalue weighted by Crippen LogP contribution is 2.10. The first-order valence-corrected chi connectivity index (χ1v) is 6.06. The van der Waals surface area contributed by atoms with Crippen molar-refractivity contribution in [3.63, 3.8) is 0 Å². The molecule has 0 aliphatic carbocycles. The van der Waals surface area contributed by atoms with Gasteiger partial charge in [0.15, 0.2) is 0 Å². The molecule has 1 aromatic heterocycles. The van der Waals surface area contributed by atoms with E-state index in [1.54, 1.807) is 6.20 Å². The maximum Gasteiger partial charge on any atom is 0.0892 e. The van der Waals surface area contributed by atoms with Gasteiger partial charge in [-0.05, 0) is 45.8 Å². The average Bonchev–Trinajstić information content (AvgIpc) is 2.34. The molecule has 0 saturated carbocycles. The summed E-state index contributed by atoms with van der Waals surface area (Å²) in [6.07, 6.45) is 1.77. The molecule has 0 spiro atoms. The van der Waals surface area contributed by atoms with E-state index in [9.17, 15) is 0 Å². The van der Waals surface area contributed by atoms with Crippen molar-refractivity contribution < 1.29 is 4.74 Å². The Hall–Kier alpha value is -1.39. The monoisotopic (exact) mass is 292 g/mol. The standard InChI is InChI=1S/C13H13BrN2O/c14-11-3-6-13(16-7-11)9-17-8-10-1-4-12(15)5-2-10/h1-7H,8-9,15H2. The molecule has 88 valence electrons. The van der Waals surface area contributed by atoms with E-state index in [4.69, 9.17) is 10.5 Å². The number of pyridine rings is 1. The second-order valence-electron chi connectivity index (χ2n) is 3.70. The third kappa shape index (κ3) is 3.84. The Morgan fingerprint density at radius 2 is 1.82 bits per heavy atom. The Bertz CT molecular complexity index is 422. The van der Waals surface area contributed by atoms with Crippen LogP contribution in [0.1, 0.15) is 11.3 Å². The van der Waals surface area contributed by atoms with Gasteiger partial charge in [0, 0.05) is 16.4 Å². The number of hydrogen-bond acceptors (Lipinski definition) is 3. The normalized spacial score (nSPS) is 10.4. The van der Waals surface area contributed by atoms with Crippen LogP contribution in [0.2, 0.25) is 0 Å². The number of halogens is 1. The molecule has 0 bridgehead atoms. The quantitative estimate of drug-likeness (QED) is 0.881. The van der Waals surface area contributed by atoms with Crippen LogP contribution in [0.3, 0.4) is 0 Å². The Morgan fingerprint density at radius 3 is 2.47 bits per heavy atom. The van der Waals surface area contributed by atoms with Gasteiger partial charge in [-0.1, -0.05) is 12.1 Å². The fourth-order valence-electron chi connectivity index (χ4n) is 1.38. The minimum Gasteiger partial charge on any atom is -0.399 e. The number of aromatic nitrogens is 1. The second kappa shape index (κ2) is 5.80. The summed E-state index contributed by atoms with van der Waals surface area (Å²) in [4.78, 5) is 4.23.